The minimum atomic E-state index is -0.893. The molecule has 0 radical (unpaired) electrons. The lowest BCUT2D eigenvalue weighted by molar-refractivity contribution is 0.0697. The van der Waals surface area contributed by atoms with E-state index in [2.05, 4.69) is 16.5 Å². The van der Waals surface area contributed by atoms with Crippen molar-refractivity contribution in [3.05, 3.63) is 53.6 Å². The van der Waals surface area contributed by atoms with E-state index in [1.54, 1.807) is 18.3 Å². The van der Waals surface area contributed by atoms with E-state index >= 15 is 0 Å². The smallest absolute Gasteiger partial charge is 0.335 e. The molecule has 0 amide bonds. The minimum Gasteiger partial charge on any atom is -0.478 e. The highest BCUT2D eigenvalue weighted by atomic mass is 16.4. The molecule has 1 aromatic carbocycles. The Morgan fingerprint density at radius 1 is 1.33 bits per heavy atom. The summed E-state index contributed by atoms with van der Waals surface area (Å²) in [6, 6.07) is 6.96. The van der Waals surface area contributed by atoms with Crippen LogP contribution in [0.1, 0.15) is 35.1 Å². The first kappa shape index (κ1) is 12.4. The van der Waals surface area contributed by atoms with E-state index in [9.17, 15) is 4.79 Å². The molecule has 4 heteroatoms. The van der Waals surface area contributed by atoms with E-state index in [1.165, 1.54) is 0 Å². The maximum atomic E-state index is 10.8. The van der Waals surface area contributed by atoms with Crippen molar-refractivity contribution in [1.29, 1.82) is 0 Å². The van der Waals surface area contributed by atoms with Crippen molar-refractivity contribution in [3.8, 4) is 0 Å². The summed E-state index contributed by atoms with van der Waals surface area (Å²) < 4.78 is 2.10. The molecule has 0 spiro atoms. The zero-order valence-corrected chi connectivity index (χ0v) is 10.3. The largest absolute Gasteiger partial charge is 0.478 e. The number of carbonyl (C=O) groups is 1. The molecule has 94 valence electrons. The van der Waals surface area contributed by atoms with Gasteiger partial charge < -0.3 is 9.67 Å². The summed E-state index contributed by atoms with van der Waals surface area (Å²) in [5.41, 5.74) is 1.40. The van der Waals surface area contributed by atoms with Crippen LogP contribution >= 0.6 is 0 Å². The molecule has 0 saturated heterocycles. The Bertz CT molecular complexity index is 529. The van der Waals surface area contributed by atoms with Crippen molar-refractivity contribution >= 4 is 5.97 Å². The van der Waals surface area contributed by atoms with Crippen LogP contribution < -0.4 is 0 Å². The van der Waals surface area contributed by atoms with Crippen molar-refractivity contribution in [2.75, 3.05) is 0 Å². The normalized spacial score (nSPS) is 10.5. The van der Waals surface area contributed by atoms with Gasteiger partial charge >= 0.3 is 5.97 Å². The van der Waals surface area contributed by atoms with E-state index in [-0.39, 0.29) is 0 Å². The molecule has 0 aliphatic rings. The predicted molar refractivity (Wildman–Crippen MR) is 68.7 cm³/mol. The number of imidazole rings is 1. The van der Waals surface area contributed by atoms with E-state index < -0.39 is 5.97 Å². The highest BCUT2D eigenvalue weighted by Gasteiger charge is 2.04. The van der Waals surface area contributed by atoms with Crippen molar-refractivity contribution in [3.63, 3.8) is 0 Å². The summed E-state index contributed by atoms with van der Waals surface area (Å²) in [5.74, 6) is 0.177. The predicted octanol–water partition coefficient (Wildman–Crippen LogP) is 2.58. The SMILES string of the molecule is CCCc1nccn1Cc1ccc(C(=O)O)cc1. The Morgan fingerprint density at radius 3 is 2.67 bits per heavy atom. The van der Waals surface area contributed by atoms with Gasteiger partial charge in [-0.3, -0.25) is 0 Å². The van der Waals surface area contributed by atoms with E-state index in [0.717, 1.165) is 30.8 Å². The number of nitrogens with zero attached hydrogens (tertiary/aromatic N) is 2. The second kappa shape index (κ2) is 5.49. The van der Waals surface area contributed by atoms with Crippen LogP contribution in [0.25, 0.3) is 0 Å². The Morgan fingerprint density at radius 2 is 2.06 bits per heavy atom. The van der Waals surface area contributed by atoms with Crippen LogP contribution in [0.3, 0.4) is 0 Å². The van der Waals surface area contributed by atoms with Gasteiger partial charge in [-0.1, -0.05) is 19.1 Å². The molecule has 0 unspecified atom stereocenters. The second-order valence-corrected chi connectivity index (χ2v) is 4.22. The fourth-order valence-electron chi connectivity index (χ4n) is 1.89. The number of rotatable bonds is 5. The number of carboxylic acid groups (broad SMARTS) is 1. The van der Waals surface area contributed by atoms with Crippen molar-refractivity contribution in [2.45, 2.75) is 26.3 Å². The van der Waals surface area contributed by atoms with Gasteiger partial charge in [0, 0.05) is 25.4 Å². The zero-order chi connectivity index (χ0) is 13.0. The van der Waals surface area contributed by atoms with Crippen molar-refractivity contribution in [1.82, 2.24) is 9.55 Å². The molecule has 0 saturated carbocycles. The molecule has 18 heavy (non-hydrogen) atoms. The van der Waals surface area contributed by atoms with Gasteiger partial charge in [0.05, 0.1) is 5.56 Å². The van der Waals surface area contributed by atoms with Gasteiger partial charge in [-0.15, -0.1) is 0 Å². The first-order chi connectivity index (χ1) is 8.70. The van der Waals surface area contributed by atoms with Gasteiger partial charge in [-0.2, -0.15) is 0 Å². The molecule has 0 aliphatic carbocycles. The molecule has 2 aromatic rings. The molecule has 2 rings (SSSR count). The van der Waals surface area contributed by atoms with Gasteiger partial charge in [-0.05, 0) is 24.1 Å². The maximum absolute atomic E-state index is 10.8. The van der Waals surface area contributed by atoms with E-state index in [1.807, 2.05) is 18.3 Å². The summed E-state index contributed by atoms with van der Waals surface area (Å²) in [7, 11) is 0. The summed E-state index contributed by atoms with van der Waals surface area (Å²) in [5, 5.41) is 8.83. The van der Waals surface area contributed by atoms with Gasteiger partial charge in [0.2, 0.25) is 0 Å². The Labute approximate surface area is 106 Å². The average Bonchev–Trinajstić information content (AvgIpc) is 2.78. The van der Waals surface area contributed by atoms with Crippen molar-refractivity contribution in [2.24, 2.45) is 0 Å². The third-order valence-electron chi connectivity index (χ3n) is 2.83. The van der Waals surface area contributed by atoms with E-state index in [4.69, 9.17) is 5.11 Å². The molecule has 1 N–H and O–H groups in total. The first-order valence-electron chi connectivity index (χ1n) is 6.03. The molecular weight excluding hydrogens is 228 g/mol. The molecule has 4 nitrogen and oxygen atoms in total. The molecule has 0 atom stereocenters. The number of benzene rings is 1. The zero-order valence-electron chi connectivity index (χ0n) is 10.3. The summed E-state index contributed by atoms with van der Waals surface area (Å²) in [6.07, 6.45) is 5.78. The second-order valence-electron chi connectivity index (χ2n) is 4.22. The third-order valence-corrected chi connectivity index (χ3v) is 2.83. The lowest BCUT2D eigenvalue weighted by Crippen LogP contribution is -2.04. The van der Waals surface area contributed by atoms with Crippen LogP contribution in [0.4, 0.5) is 0 Å². The molecule has 0 fully saturated rings. The fraction of sp³-hybridized carbons (Fsp3) is 0.286. The first-order valence-corrected chi connectivity index (χ1v) is 6.03. The van der Waals surface area contributed by atoms with Crippen LogP contribution in [-0.4, -0.2) is 20.6 Å². The fourth-order valence-corrected chi connectivity index (χ4v) is 1.89. The third kappa shape index (κ3) is 2.77. The monoisotopic (exact) mass is 244 g/mol. The summed E-state index contributed by atoms with van der Waals surface area (Å²) in [6.45, 7) is 2.86. The standard InChI is InChI=1S/C14H16N2O2/c1-2-3-13-15-8-9-16(13)10-11-4-6-12(7-5-11)14(17)18/h4-9H,2-3,10H2,1H3,(H,17,18). The van der Waals surface area contributed by atoms with Gasteiger partial charge in [0.15, 0.2) is 0 Å². The summed E-state index contributed by atoms with van der Waals surface area (Å²) >= 11 is 0. The van der Waals surface area contributed by atoms with Gasteiger partial charge in [0.1, 0.15) is 5.82 Å². The lowest BCUT2D eigenvalue weighted by Gasteiger charge is -2.07. The van der Waals surface area contributed by atoms with Crippen LogP contribution in [-0.2, 0) is 13.0 Å². The highest BCUT2D eigenvalue weighted by Crippen LogP contribution is 2.09. The lowest BCUT2D eigenvalue weighted by atomic mass is 10.1. The van der Waals surface area contributed by atoms with Gasteiger partial charge in [-0.25, -0.2) is 9.78 Å². The topological polar surface area (TPSA) is 55.1 Å². The van der Waals surface area contributed by atoms with E-state index in [0.29, 0.717) is 5.56 Å². The van der Waals surface area contributed by atoms with Crippen LogP contribution in [0.5, 0.6) is 0 Å². The van der Waals surface area contributed by atoms with Crippen LogP contribution in [0.15, 0.2) is 36.7 Å². The Hall–Kier alpha value is -2.10. The number of carboxylic acids is 1. The van der Waals surface area contributed by atoms with Crippen molar-refractivity contribution < 1.29 is 9.90 Å². The molecule has 0 aliphatic heterocycles. The molecule has 1 aromatic heterocycles. The number of aryl methyl sites for hydroxylation is 1. The average molecular weight is 244 g/mol. The number of aromatic nitrogens is 2. The highest BCUT2D eigenvalue weighted by molar-refractivity contribution is 5.87. The quantitative estimate of drug-likeness (QED) is 0.879. The molecular formula is C14H16N2O2. The Kier molecular flexibility index (Phi) is 3.77. The number of hydrogen-bond acceptors (Lipinski definition) is 2. The molecule has 0 bridgehead atoms. The minimum absolute atomic E-state index is 0.318. The number of hydrogen-bond donors (Lipinski definition) is 1. The Balaban J connectivity index is 2.13. The van der Waals surface area contributed by atoms with Crippen LogP contribution in [0.2, 0.25) is 0 Å². The van der Waals surface area contributed by atoms with Crippen LogP contribution in [0, 0.1) is 0 Å². The van der Waals surface area contributed by atoms with Gasteiger partial charge in [0.25, 0.3) is 0 Å². The molecule has 1 heterocycles. The maximum Gasteiger partial charge on any atom is 0.335 e. The number of aromatic carboxylic acids is 1. The summed E-state index contributed by atoms with van der Waals surface area (Å²) in [4.78, 5) is 15.1.